The Kier molecular flexibility index (Phi) is 17.1. The molecule has 2 aromatic heterocycles. The molecular formula is C59H71FIrN2O2-2. The second-order valence-corrected chi connectivity index (χ2v) is 18.4. The Balaban J connectivity index is 0.000000199. The van der Waals surface area contributed by atoms with Crippen LogP contribution in [0.5, 0.6) is 0 Å². The van der Waals surface area contributed by atoms with Gasteiger partial charge in [-0.15, -0.1) is 69.8 Å². The minimum atomic E-state index is -0.463. The number of aliphatic hydroxyl groups is 1. The molecule has 2 aliphatic rings. The molecule has 2 aliphatic carbocycles. The summed E-state index contributed by atoms with van der Waals surface area (Å²) in [5, 5.41) is 13.3. The summed E-state index contributed by atoms with van der Waals surface area (Å²) < 4.78 is 45.5. The fourth-order valence-corrected chi connectivity index (χ4v) is 10.0. The van der Waals surface area contributed by atoms with Gasteiger partial charge in [0.25, 0.3) is 0 Å². The van der Waals surface area contributed by atoms with Gasteiger partial charge in [-0.05, 0) is 144 Å². The Morgan fingerprint density at radius 2 is 1.11 bits per heavy atom. The molecule has 1 atom stereocenters. The number of rotatable bonds is 12. The molecule has 1 unspecified atom stereocenters. The van der Waals surface area contributed by atoms with Crippen molar-refractivity contribution in [3.05, 3.63) is 141 Å². The third kappa shape index (κ3) is 13.1. The van der Waals surface area contributed by atoms with Crippen LogP contribution in [0.1, 0.15) is 160 Å². The molecule has 0 saturated heterocycles. The zero-order valence-corrected chi connectivity index (χ0v) is 42.6. The van der Waals surface area contributed by atoms with Crippen molar-refractivity contribution >= 4 is 27.3 Å². The molecule has 6 aromatic rings. The molecule has 4 nitrogen and oxygen atoms in total. The number of carbonyl (C=O) groups excluding carboxylic acids is 1. The van der Waals surface area contributed by atoms with E-state index in [9.17, 15) is 14.3 Å². The van der Waals surface area contributed by atoms with Crippen LogP contribution in [0.2, 0.25) is 0 Å². The second kappa shape index (κ2) is 24.3. The Labute approximate surface area is 409 Å². The average molecular weight is 1060 g/mol. The van der Waals surface area contributed by atoms with E-state index in [2.05, 4.69) is 98.3 Å². The first-order valence-electron chi connectivity index (χ1n) is 25.8. The van der Waals surface area contributed by atoms with Gasteiger partial charge in [0.05, 0.1) is 17.9 Å². The fraction of sp³-hybridized carbons (Fsp3) is 0.441. The second-order valence-electron chi connectivity index (χ2n) is 18.4. The molecule has 2 fully saturated rings. The van der Waals surface area contributed by atoms with Crippen LogP contribution in [-0.2, 0) is 24.9 Å². The molecular weight excluding hydrogens is 980 g/mol. The number of alkyl halides is 1. The van der Waals surface area contributed by atoms with Crippen LogP contribution in [0.4, 0.5) is 4.39 Å². The number of aromatic nitrogens is 2. The topological polar surface area (TPSA) is 63.1 Å². The summed E-state index contributed by atoms with van der Waals surface area (Å²) in [6, 6.07) is 24.2. The maximum absolute atomic E-state index is 12.2. The quantitative estimate of drug-likeness (QED) is 0.0754. The van der Waals surface area contributed by atoms with E-state index in [1.807, 2.05) is 34.6 Å². The maximum Gasteiger partial charge on any atom is 0.162 e. The van der Waals surface area contributed by atoms with Crippen molar-refractivity contribution in [3.8, 4) is 22.5 Å². The molecule has 0 bridgehead atoms. The molecule has 1 N–H and O–H groups in total. The van der Waals surface area contributed by atoms with Crippen molar-refractivity contribution in [1.29, 1.82) is 0 Å². The Hall–Kier alpha value is -4.51. The van der Waals surface area contributed by atoms with Crippen molar-refractivity contribution in [2.24, 2.45) is 11.8 Å². The standard InChI is InChI=1S/2C23H24N.C13H23FO2.Ir/c2*1-15-10-16(2)12-20(11-15)23-22-13-17(3)21(18-6-4-5-7-18)14-19(22)8-9-24-23;1-4-10(5-2)12(15)9-13(16)11(6-3)7-8-14;/h2*8-11,13-14,18H,4-7H2,1-3H3;9-11,16H,4-8H2,1-3H3;/q2*-1;;/b;;13-9-;/i2*8D,9D;;. The summed E-state index contributed by atoms with van der Waals surface area (Å²) in [7, 11) is 0. The average Bonchev–Trinajstić information content (AvgIpc) is 4.04. The van der Waals surface area contributed by atoms with Gasteiger partial charge in [-0.3, -0.25) is 9.18 Å². The fourth-order valence-electron chi connectivity index (χ4n) is 10.0. The normalized spacial score (nSPS) is 15.6. The number of benzene rings is 4. The van der Waals surface area contributed by atoms with Crippen LogP contribution in [-0.4, -0.2) is 27.5 Å². The van der Waals surface area contributed by atoms with Crippen LogP contribution >= 0.6 is 0 Å². The van der Waals surface area contributed by atoms with Crippen molar-refractivity contribution in [1.82, 2.24) is 9.97 Å². The molecule has 347 valence electrons. The number of ketones is 1. The first-order chi connectivity index (χ1) is 32.5. The minimum Gasteiger partial charge on any atom is -0.512 e. The summed E-state index contributed by atoms with van der Waals surface area (Å²) in [6.45, 7) is 17.9. The number of allylic oxidation sites excluding steroid dienone is 2. The molecule has 4 aromatic carbocycles. The third-order valence-electron chi connectivity index (χ3n) is 13.5. The zero-order valence-electron chi connectivity index (χ0n) is 44.2. The van der Waals surface area contributed by atoms with E-state index in [0.29, 0.717) is 18.3 Å². The Morgan fingerprint density at radius 1 is 0.692 bits per heavy atom. The van der Waals surface area contributed by atoms with Gasteiger partial charge in [0.15, 0.2) is 5.78 Å². The molecule has 6 heteroatoms. The summed E-state index contributed by atoms with van der Waals surface area (Å²) >= 11 is 0. The van der Waals surface area contributed by atoms with Gasteiger partial charge >= 0.3 is 0 Å². The number of pyridine rings is 2. The third-order valence-corrected chi connectivity index (χ3v) is 13.5. The zero-order chi connectivity index (χ0) is 49.4. The van der Waals surface area contributed by atoms with Crippen LogP contribution in [0.3, 0.4) is 0 Å². The number of aryl methyl sites for hydroxylation is 6. The first kappa shape index (κ1) is 45.6. The molecule has 0 amide bonds. The summed E-state index contributed by atoms with van der Waals surface area (Å²) in [4.78, 5) is 20.6. The number of carbonyl (C=O) groups is 1. The smallest absolute Gasteiger partial charge is 0.162 e. The van der Waals surface area contributed by atoms with Gasteiger partial charge < -0.3 is 15.1 Å². The number of fused-ring (bicyclic) bond motifs is 2. The van der Waals surface area contributed by atoms with Crippen LogP contribution in [0.15, 0.2) is 84.8 Å². The molecule has 65 heavy (non-hydrogen) atoms. The van der Waals surface area contributed by atoms with Crippen molar-refractivity contribution in [2.45, 2.75) is 151 Å². The largest absolute Gasteiger partial charge is 0.512 e. The summed E-state index contributed by atoms with van der Waals surface area (Å²) in [5.41, 5.74) is 13.1. The van der Waals surface area contributed by atoms with E-state index in [-0.39, 0.29) is 74.3 Å². The molecule has 2 heterocycles. The first-order valence-corrected chi connectivity index (χ1v) is 23.8. The van der Waals surface area contributed by atoms with Gasteiger partial charge in [-0.2, -0.15) is 0 Å². The monoisotopic (exact) mass is 1060 g/mol. The maximum atomic E-state index is 12.2. The molecule has 2 saturated carbocycles. The molecule has 0 aliphatic heterocycles. The number of hydrogen-bond donors (Lipinski definition) is 1. The van der Waals surface area contributed by atoms with Crippen molar-refractivity contribution < 1.29 is 39.9 Å². The van der Waals surface area contributed by atoms with E-state index in [4.69, 9.17) is 5.48 Å². The van der Waals surface area contributed by atoms with Gasteiger partial charge in [-0.25, -0.2) is 0 Å². The molecule has 1 radical (unpaired) electrons. The number of nitrogens with zero attached hydrogens (tertiary/aromatic N) is 2. The van der Waals surface area contributed by atoms with Gasteiger partial charge in [-0.1, -0.05) is 98.4 Å². The van der Waals surface area contributed by atoms with Gasteiger partial charge in [0.1, 0.15) is 0 Å². The van der Waals surface area contributed by atoms with E-state index < -0.39 is 6.67 Å². The number of aliphatic hydroxyl groups excluding tert-OH is 1. The van der Waals surface area contributed by atoms with Crippen molar-refractivity contribution in [2.75, 3.05) is 6.67 Å². The van der Waals surface area contributed by atoms with Crippen LogP contribution in [0, 0.1) is 65.5 Å². The van der Waals surface area contributed by atoms with Crippen LogP contribution < -0.4 is 0 Å². The summed E-state index contributed by atoms with van der Waals surface area (Å²) in [6.07, 6.45) is 14.0. The number of hydrogen-bond acceptors (Lipinski definition) is 4. The Morgan fingerprint density at radius 3 is 1.48 bits per heavy atom. The van der Waals surface area contributed by atoms with E-state index in [1.54, 1.807) is 0 Å². The molecule has 0 spiro atoms. The van der Waals surface area contributed by atoms with Crippen molar-refractivity contribution in [3.63, 3.8) is 0 Å². The van der Waals surface area contributed by atoms with E-state index >= 15 is 0 Å². The van der Waals surface area contributed by atoms with Gasteiger partial charge in [0.2, 0.25) is 0 Å². The molecule has 8 rings (SSSR count). The predicted molar refractivity (Wildman–Crippen MR) is 267 cm³/mol. The predicted octanol–water partition coefficient (Wildman–Crippen LogP) is 16.4. The van der Waals surface area contributed by atoms with Gasteiger partial charge in [0, 0.05) is 50.4 Å². The van der Waals surface area contributed by atoms with E-state index in [0.717, 1.165) is 79.2 Å². The minimum absolute atomic E-state index is 0. The summed E-state index contributed by atoms with van der Waals surface area (Å²) in [5.74, 6) is 0.944. The Bertz CT molecular complexity index is 2590. The van der Waals surface area contributed by atoms with Crippen LogP contribution in [0.25, 0.3) is 44.1 Å². The number of halogens is 1. The SMILES string of the molecule is CCC(CC)C(=O)/C=C(\O)C(CC)CCF.[2H]c1nc(-c2[c-]c(C)cc(C)c2)c2cc(C)c(C3CCCC3)cc2c1[2H].[2H]c1nc(-c2[c-]c(C)cc(C)c2)c2cc(C)c(C3CCCC3)cc2c1[2H].[Ir]. The van der Waals surface area contributed by atoms with E-state index in [1.165, 1.54) is 79.7 Å².